The van der Waals surface area contributed by atoms with E-state index in [4.69, 9.17) is 4.74 Å². The first kappa shape index (κ1) is 23.4. The number of anilines is 1. The highest BCUT2D eigenvalue weighted by Gasteiger charge is 2.45. The Bertz CT molecular complexity index is 1100. The molecule has 0 N–H and O–H groups in total. The van der Waals surface area contributed by atoms with Gasteiger partial charge in [-0.2, -0.15) is 8.78 Å². The fourth-order valence-corrected chi connectivity index (χ4v) is 3.49. The lowest BCUT2D eigenvalue weighted by molar-refractivity contribution is -0.131. The van der Waals surface area contributed by atoms with E-state index in [1.807, 2.05) is 0 Å². The molecule has 10 heteroatoms. The van der Waals surface area contributed by atoms with Crippen LogP contribution in [-0.2, 0) is 9.53 Å². The van der Waals surface area contributed by atoms with Crippen LogP contribution >= 0.6 is 11.8 Å². The number of rotatable bonds is 5. The Hall–Kier alpha value is -3.27. The van der Waals surface area contributed by atoms with Gasteiger partial charge < -0.3 is 9.64 Å². The molecule has 3 rings (SSSR count). The summed E-state index contributed by atoms with van der Waals surface area (Å²) in [7, 11) is 1.25. The van der Waals surface area contributed by atoms with Gasteiger partial charge in [-0.05, 0) is 44.7 Å². The Morgan fingerprint density at radius 3 is 2.09 bits per heavy atom. The highest BCUT2D eigenvalue weighted by Crippen LogP contribution is 2.38. The molecular weight excluding hydrogens is 438 g/mol. The quantitative estimate of drug-likeness (QED) is 0.495. The van der Waals surface area contributed by atoms with E-state index in [9.17, 15) is 18.4 Å². The number of carbonyl (C=O) groups excluding carboxylic acids is 2. The van der Waals surface area contributed by atoms with E-state index in [0.717, 1.165) is 9.47 Å². The van der Waals surface area contributed by atoms with Crippen molar-refractivity contribution in [3.05, 3.63) is 60.7 Å². The van der Waals surface area contributed by atoms with Crippen LogP contribution in [0.15, 0.2) is 65.8 Å². The average Bonchev–Trinajstić information content (AvgIpc) is 3.15. The van der Waals surface area contributed by atoms with Crippen LogP contribution in [0.25, 0.3) is 11.4 Å². The lowest BCUT2D eigenvalue weighted by atomic mass is 10.2. The third kappa shape index (κ3) is 5.31. The molecule has 0 radical (unpaired) electrons. The standard InChI is InChI=1S/C22H22F2N4O3S/c1-21(2,3)31-20(30)28-17(15-11-7-5-8-12-15)25-26-19(28)32-22(23,24)18(29)27(4)16-13-9-6-10-14-16/h5-14H,1-4H3. The molecule has 0 spiro atoms. The number of amides is 1. The van der Waals surface area contributed by atoms with Gasteiger partial charge in [0.2, 0.25) is 5.16 Å². The van der Waals surface area contributed by atoms with Crippen molar-refractivity contribution in [1.29, 1.82) is 0 Å². The van der Waals surface area contributed by atoms with E-state index in [1.54, 1.807) is 69.3 Å². The highest BCUT2D eigenvalue weighted by molar-refractivity contribution is 8.01. The maximum atomic E-state index is 15.0. The first-order valence-corrected chi connectivity index (χ1v) is 10.5. The largest absolute Gasteiger partial charge is 0.443 e. The molecule has 3 aromatic rings. The molecule has 7 nitrogen and oxygen atoms in total. The van der Waals surface area contributed by atoms with E-state index >= 15 is 0 Å². The Morgan fingerprint density at radius 1 is 0.969 bits per heavy atom. The smallest absolute Gasteiger partial charge is 0.422 e. The second-order valence-electron chi connectivity index (χ2n) is 7.81. The number of benzene rings is 2. The van der Waals surface area contributed by atoms with Gasteiger partial charge in [-0.3, -0.25) is 4.79 Å². The molecule has 0 aliphatic heterocycles. The SMILES string of the molecule is CN(C(=O)C(F)(F)Sc1nnc(-c2ccccc2)n1C(=O)OC(C)(C)C)c1ccccc1. The number of aromatic nitrogens is 3. The van der Waals surface area contributed by atoms with Crippen LogP contribution in [0.2, 0.25) is 0 Å². The summed E-state index contributed by atoms with van der Waals surface area (Å²) in [6.07, 6.45) is -0.927. The van der Waals surface area contributed by atoms with Crippen molar-refractivity contribution < 1.29 is 23.1 Å². The zero-order chi connectivity index (χ0) is 23.5. The minimum Gasteiger partial charge on any atom is -0.443 e. The summed E-state index contributed by atoms with van der Waals surface area (Å²) in [5, 5.41) is 3.30. The minimum atomic E-state index is -3.93. The third-order valence-corrected chi connectivity index (χ3v) is 5.04. The van der Waals surface area contributed by atoms with Gasteiger partial charge in [-0.15, -0.1) is 10.2 Å². The maximum Gasteiger partial charge on any atom is 0.422 e. The van der Waals surface area contributed by atoms with Crippen LogP contribution in [0.4, 0.5) is 19.3 Å². The van der Waals surface area contributed by atoms with Crippen molar-refractivity contribution in [3.63, 3.8) is 0 Å². The predicted octanol–water partition coefficient (Wildman–Crippen LogP) is 5.08. The van der Waals surface area contributed by atoms with Gasteiger partial charge in [0.25, 0.3) is 0 Å². The van der Waals surface area contributed by atoms with Gasteiger partial charge in [0.1, 0.15) is 5.60 Å². The van der Waals surface area contributed by atoms with Gasteiger partial charge >= 0.3 is 17.3 Å². The molecule has 1 aromatic heterocycles. The summed E-state index contributed by atoms with van der Waals surface area (Å²) < 4.78 is 36.2. The van der Waals surface area contributed by atoms with Crippen LogP contribution < -0.4 is 4.90 Å². The van der Waals surface area contributed by atoms with Crippen LogP contribution in [0.5, 0.6) is 0 Å². The number of halogens is 2. The van der Waals surface area contributed by atoms with E-state index in [0.29, 0.717) is 11.3 Å². The highest BCUT2D eigenvalue weighted by atomic mass is 32.2. The number of alkyl halides is 2. The van der Waals surface area contributed by atoms with Gasteiger partial charge in [0.15, 0.2) is 5.82 Å². The molecule has 1 heterocycles. The molecule has 168 valence electrons. The summed E-state index contributed by atoms with van der Waals surface area (Å²) >= 11 is -0.163. The van der Waals surface area contributed by atoms with Gasteiger partial charge in [0.05, 0.1) is 0 Å². The maximum absolute atomic E-state index is 15.0. The third-order valence-electron chi connectivity index (χ3n) is 4.16. The number of carbonyl (C=O) groups is 2. The fourth-order valence-electron chi connectivity index (χ4n) is 2.70. The fraction of sp³-hybridized carbons (Fsp3) is 0.273. The Balaban J connectivity index is 1.97. The summed E-state index contributed by atoms with van der Waals surface area (Å²) in [5.41, 5.74) is -0.103. The predicted molar refractivity (Wildman–Crippen MR) is 118 cm³/mol. The molecule has 0 aliphatic carbocycles. The first-order valence-electron chi connectivity index (χ1n) is 9.64. The number of ether oxygens (including phenoxy) is 1. The van der Waals surface area contributed by atoms with Crippen LogP contribution in [0.1, 0.15) is 20.8 Å². The summed E-state index contributed by atoms with van der Waals surface area (Å²) in [6, 6.07) is 16.6. The molecule has 0 atom stereocenters. The lowest BCUT2D eigenvalue weighted by Gasteiger charge is -2.23. The van der Waals surface area contributed by atoms with Gasteiger partial charge in [0, 0.05) is 18.3 Å². The van der Waals surface area contributed by atoms with Crippen molar-refractivity contribution >= 4 is 29.4 Å². The molecule has 32 heavy (non-hydrogen) atoms. The van der Waals surface area contributed by atoms with E-state index in [-0.39, 0.29) is 17.6 Å². The van der Waals surface area contributed by atoms with E-state index in [1.165, 1.54) is 19.2 Å². The Kier molecular flexibility index (Phi) is 6.63. The van der Waals surface area contributed by atoms with Crippen molar-refractivity contribution in [1.82, 2.24) is 14.8 Å². The normalized spacial score (nSPS) is 11.8. The van der Waals surface area contributed by atoms with E-state index < -0.39 is 28.0 Å². The molecule has 2 aromatic carbocycles. The number of nitrogens with zero attached hydrogens (tertiary/aromatic N) is 4. The zero-order valence-corrected chi connectivity index (χ0v) is 18.8. The Labute approximate surface area is 188 Å². The van der Waals surface area contributed by atoms with Gasteiger partial charge in [-0.25, -0.2) is 9.36 Å². The molecule has 0 saturated carbocycles. The first-order chi connectivity index (χ1) is 15.0. The molecule has 0 saturated heterocycles. The number of hydrogen-bond donors (Lipinski definition) is 0. The molecule has 0 fully saturated rings. The van der Waals surface area contributed by atoms with Crippen molar-refractivity contribution in [2.24, 2.45) is 0 Å². The zero-order valence-electron chi connectivity index (χ0n) is 18.0. The van der Waals surface area contributed by atoms with Crippen LogP contribution in [-0.4, -0.2) is 44.7 Å². The molecule has 0 unspecified atom stereocenters. The molecular formula is C22H22F2N4O3S. The van der Waals surface area contributed by atoms with Gasteiger partial charge in [-0.1, -0.05) is 48.5 Å². The van der Waals surface area contributed by atoms with Crippen LogP contribution in [0.3, 0.4) is 0 Å². The summed E-state index contributed by atoms with van der Waals surface area (Å²) in [5.74, 6) is -1.43. The van der Waals surface area contributed by atoms with Crippen molar-refractivity contribution in [2.45, 2.75) is 36.8 Å². The average molecular weight is 461 g/mol. The molecule has 0 aliphatic rings. The number of thioether (sulfide) groups is 1. The minimum absolute atomic E-state index is 0.0296. The van der Waals surface area contributed by atoms with Crippen LogP contribution in [0, 0.1) is 0 Å². The number of para-hydroxylation sites is 1. The second kappa shape index (κ2) is 9.07. The lowest BCUT2D eigenvalue weighted by Crippen LogP contribution is -2.39. The molecule has 0 bridgehead atoms. The Morgan fingerprint density at radius 2 is 1.53 bits per heavy atom. The van der Waals surface area contributed by atoms with Crippen molar-refractivity contribution in [2.75, 3.05) is 11.9 Å². The van der Waals surface area contributed by atoms with E-state index in [2.05, 4.69) is 10.2 Å². The monoisotopic (exact) mass is 460 g/mol. The summed E-state index contributed by atoms with van der Waals surface area (Å²) in [6.45, 7) is 4.95. The topological polar surface area (TPSA) is 77.3 Å². The number of hydrogen-bond acceptors (Lipinski definition) is 6. The van der Waals surface area contributed by atoms with Crippen molar-refractivity contribution in [3.8, 4) is 11.4 Å². The summed E-state index contributed by atoms with van der Waals surface area (Å²) in [4.78, 5) is 26.2. The molecule has 1 amide bonds. The second-order valence-corrected chi connectivity index (χ2v) is 8.89.